The molecular weight excluding hydrogens is 324 g/mol. The van der Waals surface area contributed by atoms with E-state index in [0.29, 0.717) is 29.0 Å². The maximum Gasteiger partial charge on any atom is 0.327 e. The number of fused-ring (bicyclic) bond motifs is 1. The van der Waals surface area contributed by atoms with E-state index in [1.807, 2.05) is 19.9 Å². The second kappa shape index (κ2) is 6.71. The minimum absolute atomic E-state index is 0.0345. The van der Waals surface area contributed by atoms with Gasteiger partial charge in [-0.25, -0.2) is 14.6 Å². The van der Waals surface area contributed by atoms with E-state index < -0.39 is 5.97 Å². The Morgan fingerprint density at radius 2 is 2.16 bits per heavy atom. The molecule has 0 aliphatic heterocycles. The average Bonchev–Trinajstić information content (AvgIpc) is 2.97. The largest absolute Gasteiger partial charge is 0.468 e. The van der Waals surface area contributed by atoms with Gasteiger partial charge in [0.2, 0.25) is 0 Å². The van der Waals surface area contributed by atoms with Gasteiger partial charge in [-0.3, -0.25) is 9.59 Å². The fraction of sp³-hybridized carbons (Fsp3) is 0.312. The minimum Gasteiger partial charge on any atom is -0.468 e. The van der Waals surface area contributed by atoms with Gasteiger partial charge >= 0.3 is 5.97 Å². The number of aromatic nitrogens is 5. The number of pyridine rings is 1. The predicted octanol–water partition coefficient (Wildman–Crippen LogP) is 0.917. The van der Waals surface area contributed by atoms with E-state index in [1.165, 1.54) is 18.1 Å². The lowest BCUT2D eigenvalue weighted by Gasteiger charge is -2.09. The average molecular weight is 342 g/mol. The van der Waals surface area contributed by atoms with Gasteiger partial charge in [0.1, 0.15) is 18.7 Å². The van der Waals surface area contributed by atoms with E-state index in [9.17, 15) is 9.59 Å². The maximum absolute atomic E-state index is 12.1. The van der Waals surface area contributed by atoms with Crippen molar-refractivity contribution in [2.24, 2.45) is 0 Å². The number of aryl methyl sites for hydroxylation is 2. The Labute approximate surface area is 143 Å². The number of aromatic amines is 1. The first-order chi connectivity index (χ1) is 12.0. The zero-order valence-corrected chi connectivity index (χ0v) is 14.2. The van der Waals surface area contributed by atoms with Crippen molar-refractivity contribution in [2.45, 2.75) is 26.9 Å². The van der Waals surface area contributed by atoms with Crippen LogP contribution in [0.4, 0.5) is 5.82 Å². The fourth-order valence-corrected chi connectivity index (χ4v) is 2.61. The van der Waals surface area contributed by atoms with E-state index in [1.54, 1.807) is 6.20 Å². The number of carbonyl (C=O) groups excluding carboxylic acids is 1. The highest BCUT2D eigenvalue weighted by atomic mass is 16.5. The second-order valence-corrected chi connectivity index (χ2v) is 5.63. The number of esters is 1. The van der Waals surface area contributed by atoms with Gasteiger partial charge in [-0.2, -0.15) is 5.10 Å². The van der Waals surface area contributed by atoms with Crippen molar-refractivity contribution in [2.75, 3.05) is 12.4 Å². The summed E-state index contributed by atoms with van der Waals surface area (Å²) in [4.78, 5) is 34.7. The molecule has 2 N–H and O–H groups in total. The van der Waals surface area contributed by atoms with Crippen LogP contribution < -0.4 is 10.9 Å². The minimum atomic E-state index is -0.417. The molecule has 0 saturated carbocycles. The molecule has 0 aliphatic carbocycles. The summed E-state index contributed by atoms with van der Waals surface area (Å²) in [5, 5.41) is 7.96. The molecular formula is C16H18N6O3. The molecule has 0 fully saturated rings. The van der Waals surface area contributed by atoms with E-state index in [-0.39, 0.29) is 12.1 Å². The molecule has 0 amide bonds. The van der Waals surface area contributed by atoms with E-state index in [4.69, 9.17) is 0 Å². The number of carbonyl (C=O) groups is 1. The number of ether oxygens (including phenoxy) is 1. The van der Waals surface area contributed by atoms with Crippen LogP contribution in [0.2, 0.25) is 0 Å². The highest BCUT2D eigenvalue weighted by Gasteiger charge is 2.13. The first-order valence-corrected chi connectivity index (χ1v) is 7.66. The number of hydrogen-bond acceptors (Lipinski definition) is 7. The normalized spacial score (nSPS) is 10.8. The monoisotopic (exact) mass is 342 g/mol. The van der Waals surface area contributed by atoms with Crippen LogP contribution in [0.15, 0.2) is 23.4 Å². The lowest BCUT2D eigenvalue weighted by Crippen LogP contribution is -2.19. The summed E-state index contributed by atoms with van der Waals surface area (Å²) in [6.45, 7) is 4.02. The quantitative estimate of drug-likeness (QED) is 0.662. The Balaban J connectivity index is 1.88. The summed E-state index contributed by atoms with van der Waals surface area (Å²) in [5.41, 5.74) is 2.74. The molecule has 9 nitrogen and oxygen atoms in total. The summed E-state index contributed by atoms with van der Waals surface area (Å²) in [5.74, 6) is 0.125. The van der Waals surface area contributed by atoms with Crippen molar-refractivity contribution in [1.29, 1.82) is 0 Å². The summed E-state index contributed by atoms with van der Waals surface area (Å²) in [7, 11) is 1.32. The topological polar surface area (TPSA) is 115 Å². The number of nitrogens with zero attached hydrogens (tertiary/aromatic N) is 4. The molecule has 3 rings (SSSR count). The summed E-state index contributed by atoms with van der Waals surface area (Å²) in [6, 6.07) is 1.92. The third-order valence-electron chi connectivity index (χ3n) is 3.87. The van der Waals surface area contributed by atoms with Crippen LogP contribution in [0.5, 0.6) is 0 Å². The van der Waals surface area contributed by atoms with Crippen molar-refractivity contribution in [3.63, 3.8) is 0 Å². The second-order valence-electron chi connectivity index (χ2n) is 5.63. The zero-order valence-electron chi connectivity index (χ0n) is 14.2. The highest BCUT2D eigenvalue weighted by Crippen LogP contribution is 2.19. The fourth-order valence-electron chi connectivity index (χ4n) is 2.61. The van der Waals surface area contributed by atoms with Crippen molar-refractivity contribution in [3.8, 4) is 0 Å². The number of rotatable bonds is 5. The van der Waals surface area contributed by atoms with Crippen LogP contribution in [0.1, 0.15) is 16.8 Å². The van der Waals surface area contributed by atoms with Gasteiger partial charge in [-0.05, 0) is 25.5 Å². The van der Waals surface area contributed by atoms with Crippen molar-refractivity contribution in [1.82, 2.24) is 24.7 Å². The van der Waals surface area contributed by atoms with Gasteiger partial charge in [0.15, 0.2) is 5.65 Å². The van der Waals surface area contributed by atoms with Crippen LogP contribution in [0.3, 0.4) is 0 Å². The molecule has 130 valence electrons. The molecule has 0 aromatic carbocycles. The lowest BCUT2D eigenvalue weighted by atomic mass is 10.1. The molecule has 0 atom stereocenters. The van der Waals surface area contributed by atoms with Gasteiger partial charge < -0.3 is 15.0 Å². The van der Waals surface area contributed by atoms with Gasteiger partial charge in [-0.1, -0.05) is 0 Å². The first-order valence-electron chi connectivity index (χ1n) is 7.66. The van der Waals surface area contributed by atoms with Crippen molar-refractivity contribution >= 4 is 22.8 Å². The Kier molecular flexibility index (Phi) is 4.46. The van der Waals surface area contributed by atoms with Gasteiger partial charge in [0.25, 0.3) is 5.56 Å². The molecule has 0 saturated heterocycles. The van der Waals surface area contributed by atoms with E-state index >= 15 is 0 Å². The third-order valence-corrected chi connectivity index (χ3v) is 3.87. The molecule has 3 aromatic heterocycles. The highest BCUT2D eigenvalue weighted by molar-refractivity contribution is 5.86. The SMILES string of the molecule is COC(=O)Cn1ncc2c(NCc3c(C)cc(C)[nH]c3=O)ncnc21. The first kappa shape index (κ1) is 16.6. The van der Waals surface area contributed by atoms with Crippen LogP contribution in [0, 0.1) is 13.8 Å². The Morgan fingerprint density at radius 1 is 1.36 bits per heavy atom. The van der Waals surface area contributed by atoms with E-state index in [2.05, 4.69) is 30.1 Å². The molecule has 0 spiro atoms. The number of hydrogen-bond donors (Lipinski definition) is 2. The van der Waals surface area contributed by atoms with Gasteiger partial charge in [-0.15, -0.1) is 0 Å². The standard InChI is InChI=1S/C16H18N6O3/c1-9-4-10(2)21-16(24)11(9)5-17-14-12-6-20-22(7-13(23)25-3)15(12)19-8-18-14/h4,6,8H,5,7H2,1-3H3,(H,21,24)(H,17,18,19). The summed E-state index contributed by atoms with van der Waals surface area (Å²) < 4.78 is 6.09. The van der Waals surface area contributed by atoms with Gasteiger partial charge in [0, 0.05) is 17.8 Å². The van der Waals surface area contributed by atoms with E-state index in [0.717, 1.165) is 11.3 Å². The van der Waals surface area contributed by atoms with Crippen LogP contribution in [-0.2, 0) is 22.6 Å². The number of methoxy groups -OCH3 is 1. The Morgan fingerprint density at radius 3 is 2.88 bits per heavy atom. The predicted molar refractivity (Wildman–Crippen MR) is 91.2 cm³/mol. The number of H-pyrrole nitrogens is 1. The lowest BCUT2D eigenvalue weighted by molar-refractivity contribution is -0.141. The van der Waals surface area contributed by atoms with Crippen molar-refractivity contribution < 1.29 is 9.53 Å². The van der Waals surface area contributed by atoms with Crippen LogP contribution in [0.25, 0.3) is 11.0 Å². The molecule has 9 heteroatoms. The molecule has 25 heavy (non-hydrogen) atoms. The zero-order chi connectivity index (χ0) is 18.0. The summed E-state index contributed by atoms with van der Waals surface area (Å²) >= 11 is 0. The smallest absolute Gasteiger partial charge is 0.327 e. The maximum atomic E-state index is 12.1. The molecule has 0 radical (unpaired) electrons. The molecule has 0 unspecified atom stereocenters. The third kappa shape index (κ3) is 3.35. The number of anilines is 1. The number of nitrogens with one attached hydrogen (secondary N) is 2. The molecule has 0 aliphatic rings. The van der Waals surface area contributed by atoms with Crippen LogP contribution in [-0.4, -0.2) is 37.8 Å². The van der Waals surface area contributed by atoms with Gasteiger partial charge in [0.05, 0.1) is 18.7 Å². The molecule has 0 bridgehead atoms. The van der Waals surface area contributed by atoms with Crippen LogP contribution >= 0.6 is 0 Å². The molecule has 3 aromatic rings. The molecule has 3 heterocycles. The van der Waals surface area contributed by atoms with Crippen molar-refractivity contribution in [3.05, 3.63) is 45.8 Å². The Bertz CT molecular complexity index is 991. The Hall–Kier alpha value is -3.23. The summed E-state index contributed by atoms with van der Waals surface area (Å²) in [6.07, 6.45) is 2.96.